The lowest BCUT2D eigenvalue weighted by Gasteiger charge is -2.16. The molecule has 1 aromatic rings. The second-order valence-corrected chi connectivity index (χ2v) is 6.14. The summed E-state index contributed by atoms with van der Waals surface area (Å²) in [5.74, 6) is -0.731. The number of carbonyl (C=O) groups is 2. The lowest BCUT2D eigenvalue weighted by atomic mass is 9.93. The summed E-state index contributed by atoms with van der Waals surface area (Å²) in [4.78, 5) is 23.2. The number of aliphatic carboxylic acids is 1. The Balaban J connectivity index is 1.88. The summed E-state index contributed by atoms with van der Waals surface area (Å²) in [5, 5.41) is 9.64. The van der Waals surface area contributed by atoms with Crippen LogP contribution < -0.4 is 9.47 Å². The Morgan fingerprint density at radius 3 is 2.54 bits per heavy atom. The van der Waals surface area contributed by atoms with Crippen LogP contribution in [0, 0.1) is 0 Å². The zero-order chi connectivity index (χ0) is 18.8. The molecule has 0 radical (unpaired) electrons. The molecule has 2 atom stereocenters. The van der Waals surface area contributed by atoms with Gasteiger partial charge < -0.3 is 24.1 Å². The average molecular weight is 360 g/mol. The highest BCUT2D eigenvalue weighted by Crippen LogP contribution is 2.43. The van der Waals surface area contributed by atoms with Gasteiger partial charge in [-0.1, -0.05) is 0 Å². The van der Waals surface area contributed by atoms with Crippen molar-refractivity contribution in [2.75, 3.05) is 14.2 Å². The molecule has 0 saturated heterocycles. The van der Waals surface area contributed by atoms with Crippen LogP contribution in [-0.2, 0) is 25.5 Å². The van der Waals surface area contributed by atoms with E-state index in [1.807, 2.05) is 12.1 Å². The fourth-order valence-corrected chi connectivity index (χ4v) is 3.25. The summed E-state index contributed by atoms with van der Waals surface area (Å²) >= 11 is 0. The molecular weight excluding hydrogens is 340 g/mol. The fourth-order valence-electron chi connectivity index (χ4n) is 3.25. The van der Waals surface area contributed by atoms with Gasteiger partial charge in [-0.05, 0) is 43.0 Å². The Morgan fingerprint density at radius 1 is 1.27 bits per heavy atom. The van der Waals surface area contributed by atoms with Crippen LogP contribution in [0.1, 0.15) is 30.4 Å². The first kappa shape index (κ1) is 17.8. The molecule has 7 nitrogen and oxygen atoms in total. The topological polar surface area (TPSA) is 91.3 Å². The molecule has 1 aromatic carbocycles. The molecule has 26 heavy (non-hydrogen) atoms. The number of hydrogen-bond acceptors (Lipinski definition) is 6. The average Bonchev–Trinajstić information content (AvgIpc) is 3.16. The zero-order valence-electron chi connectivity index (χ0n) is 14.8. The summed E-state index contributed by atoms with van der Waals surface area (Å²) in [6, 6.07) is 3.68. The van der Waals surface area contributed by atoms with Gasteiger partial charge in [0.1, 0.15) is 0 Å². The van der Waals surface area contributed by atoms with E-state index in [1.165, 1.54) is 19.4 Å². The Labute approximate surface area is 150 Å². The quantitative estimate of drug-likeness (QED) is 0.473. The van der Waals surface area contributed by atoms with E-state index in [1.54, 1.807) is 14.0 Å². The summed E-state index contributed by atoms with van der Waals surface area (Å²) in [6.07, 6.45) is 3.14. The largest absolute Gasteiger partial charge is 0.493 e. The molecule has 0 spiro atoms. The van der Waals surface area contributed by atoms with Crippen molar-refractivity contribution in [3.63, 3.8) is 0 Å². The van der Waals surface area contributed by atoms with Crippen molar-refractivity contribution in [2.45, 2.75) is 32.0 Å². The highest BCUT2D eigenvalue weighted by molar-refractivity contribution is 5.90. The third-order valence-corrected chi connectivity index (χ3v) is 4.61. The third kappa shape index (κ3) is 3.24. The van der Waals surface area contributed by atoms with Crippen molar-refractivity contribution in [3.8, 4) is 11.5 Å². The number of carbonyl (C=O) groups excluding carboxylic acids is 1. The minimum Gasteiger partial charge on any atom is -0.493 e. The molecule has 1 N–H and O–H groups in total. The molecule has 0 aromatic heterocycles. The molecule has 0 fully saturated rings. The summed E-state index contributed by atoms with van der Waals surface area (Å²) < 4.78 is 21.0. The third-order valence-electron chi connectivity index (χ3n) is 4.61. The highest BCUT2D eigenvalue weighted by Gasteiger charge is 2.32. The van der Waals surface area contributed by atoms with E-state index in [0.29, 0.717) is 23.5 Å². The van der Waals surface area contributed by atoms with Crippen molar-refractivity contribution in [1.82, 2.24) is 0 Å². The SMILES string of the molecule is COc1cc2c(cc1OC)C(/C(=C\OC1C=C(C)C(=O)O1)C(=O)O)CC2. The van der Waals surface area contributed by atoms with Crippen LogP contribution in [0.25, 0.3) is 0 Å². The molecule has 1 heterocycles. The van der Waals surface area contributed by atoms with Gasteiger partial charge in [0.05, 0.1) is 26.1 Å². The summed E-state index contributed by atoms with van der Waals surface area (Å²) in [5.41, 5.74) is 2.42. The minimum atomic E-state index is -1.08. The maximum Gasteiger partial charge on any atom is 0.336 e. The molecule has 1 aliphatic carbocycles. The first-order valence-corrected chi connectivity index (χ1v) is 8.17. The Kier molecular flexibility index (Phi) is 4.88. The molecule has 7 heteroatoms. The van der Waals surface area contributed by atoms with Gasteiger partial charge in [-0.25, -0.2) is 9.59 Å². The highest BCUT2D eigenvalue weighted by atomic mass is 16.7. The van der Waals surface area contributed by atoms with Gasteiger partial charge in [-0.2, -0.15) is 0 Å². The number of aryl methyl sites for hydroxylation is 1. The van der Waals surface area contributed by atoms with Crippen molar-refractivity contribution >= 4 is 11.9 Å². The van der Waals surface area contributed by atoms with Crippen LogP contribution in [0.3, 0.4) is 0 Å². The minimum absolute atomic E-state index is 0.102. The van der Waals surface area contributed by atoms with E-state index < -0.39 is 18.2 Å². The molecular formula is C19H20O7. The second-order valence-electron chi connectivity index (χ2n) is 6.14. The lowest BCUT2D eigenvalue weighted by Crippen LogP contribution is -2.14. The predicted molar refractivity (Wildman–Crippen MR) is 91.0 cm³/mol. The molecule has 0 bridgehead atoms. The van der Waals surface area contributed by atoms with Gasteiger partial charge in [0.2, 0.25) is 0 Å². The molecule has 0 saturated carbocycles. The molecule has 138 valence electrons. The van der Waals surface area contributed by atoms with Gasteiger partial charge >= 0.3 is 11.9 Å². The van der Waals surface area contributed by atoms with Crippen molar-refractivity contribution in [1.29, 1.82) is 0 Å². The Morgan fingerprint density at radius 2 is 1.96 bits per heavy atom. The standard InChI is InChI=1S/C19H20O7/c1-10-6-17(26-19(10)22)25-9-14(18(20)21)12-5-4-11-7-15(23-2)16(24-3)8-13(11)12/h6-9,12,17H,4-5H2,1-3H3,(H,20,21)/b14-9+. The normalized spacial score (nSPS) is 21.7. The zero-order valence-corrected chi connectivity index (χ0v) is 14.8. The summed E-state index contributed by atoms with van der Waals surface area (Å²) in [6.45, 7) is 1.61. The second kappa shape index (κ2) is 7.11. The number of cyclic esters (lactones) is 1. The number of ether oxygens (including phenoxy) is 4. The van der Waals surface area contributed by atoms with Crippen molar-refractivity contribution in [3.05, 3.63) is 46.7 Å². The summed E-state index contributed by atoms with van der Waals surface area (Å²) in [7, 11) is 3.10. The Hall–Kier alpha value is -2.96. The van der Waals surface area contributed by atoms with E-state index in [2.05, 4.69) is 0 Å². The first-order valence-electron chi connectivity index (χ1n) is 8.17. The van der Waals surface area contributed by atoms with E-state index in [9.17, 15) is 14.7 Å². The van der Waals surface area contributed by atoms with Crippen molar-refractivity contribution < 1.29 is 33.6 Å². The van der Waals surface area contributed by atoms with Gasteiger partial charge in [-0.15, -0.1) is 0 Å². The number of hydrogen-bond donors (Lipinski definition) is 1. The molecule has 2 unspecified atom stereocenters. The van der Waals surface area contributed by atoms with Gasteiger partial charge in [0.15, 0.2) is 11.5 Å². The van der Waals surface area contributed by atoms with E-state index >= 15 is 0 Å². The number of fused-ring (bicyclic) bond motifs is 1. The van der Waals surface area contributed by atoms with Crippen molar-refractivity contribution in [2.24, 2.45) is 0 Å². The fraction of sp³-hybridized carbons (Fsp3) is 0.368. The number of methoxy groups -OCH3 is 2. The van der Waals surface area contributed by atoms with E-state index in [4.69, 9.17) is 18.9 Å². The molecule has 2 aliphatic rings. The van der Waals surface area contributed by atoms with Gasteiger partial charge in [0.25, 0.3) is 6.29 Å². The maximum atomic E-state index is 11.8. The van der Waals surface area contributed by atoms with Crippen LogP contribution in [-0.4, -0.2) is 37.6 Å². The lowest BCUT2D eigenvalue weighted by molar-refractivity contribution is -0.152. The smallest absolute Gasteiger partial charge is 0.336 e. The first-order chi connectivity index (χ1) is 12.4. The van der Waals surface area contributed by atoms with Crippen LogP contribution >= 0.6 is 0 Å². The number of carboxylic acids is 1. The molecule has 0 amide bonds. The number of benzene rings is 1. The van der Waals surface area contributed by atoms with Crippen LogP contribution in [0.15, 0.2) is 35.6 Å². The molecule has 1 aliphatic heterocycles. The number of esters is 1. The van der Waals surface area contributed by atoms with Gasteiger partial charge in [-0.3, -0.25) is 0 Å². The monoisotopic (exact) mass is 360 g/mol. The number of rotatable bonds is 6. The van der Waals surface area contributed by atoms with E-state index in [0.717, 1.165) is 17.5 Å². The Bertz CT molecular complexity index is 806. The van der Waals surface area contributed by atoms with Crippen LogP contribution in [0.4, 0.5) is 0 Å². The number of carboxylic acid groups (broad SMARTS) is 1. The molecule has 3 rings (SSSR count). The van der Waals surface area contributed by atoms with Gasteiger partial charge in [0, 0.05) is 17.6 Å². The predicted octanol–water partition coefficient (Wildman–Crippen LogP) is 2.55. The van der Waals surface area contributed by atoms with E-state index in [-0.39, 0.29) is 11.5 Å². The maximum absolute atomic E-state index is 11.8. The van der Waals surface area contributed by atoms with Crippen LogP contribution in [0.5, 0.6) is 11.5 Å². The van der Waals surface area contributed by atoms with Crippen LogP contribution in [0.2, 0.25) is 0 Å².